The molecule has 0 fully saturated rings. The summed E-state index contributed by atoms with van der Waals surface area (Å²) < 4.78 is 10.8. The molecule has 0 spiro atoms. The zero-order valence-electron chi connectivity index (χ0n) is 13.1. The molecule has 1 aromatic rings. The normalized spacial score (nSPS) is 10.3. The monoisotopic (exact) mass is 291 g/mol. The standard InChI is InChI=1S/C17H25NO3/c1-5-6-14-7-8-15(16(11-14)20-4)21-12-17(19)18-10-9-13(2)3/h5,7-8,11,13H,1,6,9-10,12H2,2-4H3,(H,18,19). The summed E-state index contributed by atoms with van der Waals surface area (Å²) in [4.78, 5) is 11.7. The molecule has 0 saturated heterocycles. The predicted octanol–water partition coefficient (Wildman–Crippen LogP) is 2.96. The first-order valence-electron chi connectivity index (χ1n) is 7.24. The minimum Gasteiger partial charge on any atom is -0.493 e. The van der Waals surface area contributed by atoms with Crippen LogP contribution < -0.4 is 14.8 Å². The van der Waals surface area contributed by atoms with Gasteiger partial charge in [0, 0.05) is 6.54 Å². The summed E-state index contributed by atoms with van der Waals surface area (Å²) in [5.74, 6) is 1.66. The lowest BCUT2D eigenvalue weighted by atomic mass is 10.1. The van der Waals surface area contributed by atoms with E-state index < -0.39 is 0 Å². The van der Waals surface area contributed by atoms with E-state index in [1.165, 1.54) is 0 Å². The number of carbonyl (C=O) groups is 1. The summed E-state index contributed by atoms with van der Waals surface area (Å²) in [5, 5.41) is 2.84. The van der Waals surface area contributed by atoms with E-state index in [4.69, 9.17) is 9.47 Å². The Morgan fingerprint density at radius 3 is 2.76 bits per heavy atom. The van der Waals surface area contributed by atoms with Crippen molar-refractivity contribution in [3.8, 4) is 11.5 Å². The van der Waals surface area contributed by atoms with Crippen molar-refractivity contribution < 1.29 is 14.3 Å². The molecule has 0 aliphatic rings. The molecule has 21 heavy (non-hydrogen) atoms. The van der Waals surface area contributed by atoms with Gasteiger partial charge in [-0.2, -0.15) is 0 Å². The zero-order chi connectivity index (χ0) is 15.7. The zero-order valence-corrected chi connectivity index (χ0v) is 13.1. The van der Waals surface area contributed by atoms with Crippen LogP contribution in [0, 0.1) is 5.92 Å². The van der Waals surface area contributed by atoms with Gasteiger partial charge in [-0.3, -0.25) is 4.79 Å². The predicted molar refractivity (Wildman–Crippen MR) is 84.9 cm³/mol. The SMILES string of the molecule is C=CCc1ccc(OCC(=O)NCCC(C)C)c(OC)c1. The average Bonchev–Trinajstić information content (AvgIpc) is 2.45. The van der Waals surface area contributed by atoms with Gasteiger partial charge in [0.25, 0.3) is 5.91 Å². The molecule has 0 aromatic heterocycles. The summed E-state index contributed by atoms with van der Waals surface area (Å²) in [6, 6.07) is 5.66. The molecule has 0 radical (unpaired) electrons. The van der Waals surface area contributed by atoms with Gasteiger partial charge >= 0.3 is 0 Å². The molecular formula is C17H25NO3. The number of ether oxygens (including phenoxy) is 2. The summed E-state index contributed by atoms with van der Waals surface area (Å²) in [6.45, 7) is 8.63. The topological polar surface area (TPSA) is 47.6 Å². The second-order valence-electron chi connectivity index (χ2n) is 5.30. The van der Waals surface area contributed by atoms with E-state index in [0.717, 1.165) is 18.4 Å². The smallest absolute Gasteiger partial charge is 0.257 e. The summed E-state index contributed by atoms with van der Waals surface area (Å²) in [7, 11) is 1.59. The summed E-state index contributed by atoms with van der Waals surface area (Å²) in [5.41, 5.74) is 1.09. The van der Waals surface area contributed by atoms with E-state index >= 15 is 0 Å². The first-order chi connectivity index (χ1) is 10.1. The lowest BCUT2D eigenvalue weighted by Gasteiger charge is -2.12. The molecule has 0 atom stereocenters. The van der Waals surface area contributed by atoms with Gasteiger partial charge in [0.05, 0.1) is 7.11 Å². The van der Waals surface area contributed by atoms with Gasteiger partial charge in [0.15, 0.2) is 18.1 Å². The molecule has 1 rings (SSSR count). The third-order valence-electron chi connectivity index (χ3n) is 3.01. The van der Waals surface area contributed by atoms with Crippen LogP contribution in [-0.2, 0) is 11.2 Å². The fourth-order valence-corrected chi connectivity index (χ4v) is 1.82. The number of methoxy groups -OCH3 is 1. The van der Waals surface area contributed by atoms with Crippen molar-refractivity contribution in [2.24, 2.45) is 5.92 Å². The second kappa shape index (κ2) is 9.06. The fraction of sp³-hybridized carbons (Fsp3) is 0.471. The molecule has 0 bridgehead atoms. The third-order valence-corrected chi connectivity index (χ3v) is 3.01. The molecule has 4 nitrogen and oxygen atoms in total. The molecule has 0 unspecified atom stereocenters. The Kier molecular flexibility index (Phi) is 7.37. The van der Waals surface area contributed by atoms with Crippen molar-refractivity contribution in [3.05, 3.63) is 36.4 Å². The third kappa shape index (κ3) is 6.34. The number of rotatable bonds is 9. The lowest BCUT2D eigenvalue weighted by molar-refractivity contribution is -0.123. The summed E-state index contributed by atoms with van der Waals surface area (Å²) in [6.07, 6.45) is 3.56. The van der Waals surface area contributed by atoms with Crippen LogP contribution >= 0.6 is 0 Å². The Morgan fingerprint density at radius 2 is 2.14 bits per heavy atom. The van der Waals surface area contributed by atoms with Gasteiger partial charge in [-0.1, -0.05) is 26.0 Å². The highest BCUT2D eigenvalue weighted by Gasteiger charge is 2.08. The molecule has 0 aliphatic carbocycles. The quantitative estimate of drug-likeness (QED) is 0.712. The highest BCUT2D eigenvalue weighted by Crippen LogP contribution is 2.28. The van der Waals surface area contributed by atoms with Crippen LogP contribution in [0.4, 0.5) is 0 Å². The Hall–Kier alpha value is -1.97. The average molecular weight is 291 g/mol. The molecule has 4 heteroatoms. The van der Waals surface area contributed by atoms with E-state index in [-0.39, 0.29) is 12.5 Å². The van der Waals surface area contributed by atoms with E-state index in [1.54, 1.807) is 7.11 Å². The maximum Gasteiger partial charge on any atom is 0.257 e. The molecule has 0 saturated carbocycles. The summed E-state index contributed by atoms with van der Waals surface area (Å²) >= 11 is 0. The fourth-order valence-electron chi connectivity index (χ4n) is 1.82. The van der Waals surface area contributed by atoms with Gasteiger partial charge < -0.3 is 14.8 Å². The Balaban J connectivity index is 2.50. The van der Waals surface area contributed by atoms with Crippen LogP contribution in [0.15, 0.2) is 30.9 Å². The molecule has 116 valence electrons. The van der Waals surface area contributed by atoms with Gasteiger partial charge in [0.1, 0.15) is 0 Å². The molecule has 1 N–H and O–H groups in total. The number of carbonyl (C=O) groups excluding carboxylic acids is 1. The highest BCUT2D eigenvalue weighted by atomic mass is 16.5. The van der Waals surface area contributed by atoms with Crippen molar-refractivity contribution in [3.63, 3.8) is 0 Å². The van der Waals surface area contributed by atoms with E-state index in [0.29, 0.717) is 24.0 Å². The molecular weight excluding hydrogens is 266 g/mol. The minimum atomic E-state index is -0.118. The number of hydrogen-bond donors (Lipinski definition) is 1. The maximum atomic E-state index is 11.7. The van der Waals surface area contributed by atoms with Crippen molar-refractivity contribution in [2.75, 3.05) is 20.3 Å². The largest absolute Gasteiger partial charge is 0.493 e. The minimum absolute atomic E-state index is 0.00470. The number of allylic oxidation sites excluding steroid dienone is 1. The van der Waals surface area contributed by atoms with E-state index in [2.05, 4.69) is 25.7 Å². The van der Waals surface area contributed by atoms with Crippen molar-refractivity contribution >= 4 is 5.91 Å². The Morgan fingerprint density at radius 1 is 1.38 bits per heavy atom. The van der Waals surface area contributed by atoms with Crippen molar-refractivity contribution in [2.45, 2.75) is 26.7 Å². The number of nitrogens with one attached hydrogen (secondary N) is 1. The van der Waals surface area contributed by atoms with Crippen LogP contribution in [0.1, 0.15) is 25.8 Å². The number of hydrogen-bond acceptors (Lipinski definition) is 3. The molecule has 1 amide bonds. The van der Waals surface area contributed by atoms with Gasteiger partial charge in [0.2, 0.25) is 0 Å². The van der Waals surface area contributed by atoms with Gasteiger partial charge in [-0.05, 0) is 36.5 Å². The van der Waals surface area contributed by atoms with Crippen molar-refractivity contribution in [1.82, 2.24) is 5.32 Å². The Bertz CT molecular complexity index is 469. The van der Waals surface area contributed by atoms with Crippen LogP contribution in [0.5, 0.6) is 11.5 Å². The lowest BCUT2D eigenvalue weighted by Crippen LogP contribution is -2.30. The first-order valence-corrected chi connectivity index (χ1v) is 7.24. The van der Waals surface area contributed by atoms with Gasteiger partial charge in [-0.25, -0.2) is 0 Å². The van der Waals surface area contributed by atoms with Crippen LogP contribution in [0.25, 0.3) is 0 Å². The van der Waals surface area contributed by atoms with Crippen LogP contribution in [-0.4, -0.2) is 26.2 Å². The number of amides is 1. The van der Waals surface area contributed by atoms with Gasteiger partial charge in [-0.15, -0.1) is 6.58 Å². The van der Waals surface area contributed by atoms with Crippen molar-refractivity contribution in [1.29, 1.82) is 0 Å². The second-order valence-corrected chi connectivity index (χ2v) is 5.30. The van der Waals surface area contributed by atoms with Crippen LogP contribution in [0.2, 0.25) is 0 Å². The van der Waals surface area contributed by atoms with E-state index in [1.807, 2.05) is 24.3 Å². The number of benzene rings is 1. The highest BCUT2D eigenvalue weighted by molar-refractivity contribution is 5.77. The maximum absolute atomic E-state index is 11.7. The van der Waals surface area contributed by atoms with E-state index in [9.17, 15) is 4.79 Å². The molecule has 0 aliphatic heterocycles. The molecule has 0 heterocycles. The first kappa shape index (κ1) is 17.1. The molecule has 1 aromatic carbocycles. The van der Waals surface area contributed by atoms with Crippen LogP contribution in [0.3, 0.4) is 0 Å². The Labute approximate surface area is 127 Å².